The molecule has 0 aliphatic carbocycles. The molecule has 0 saturated carbocycles. The molecule has 1 aliphatic rings. The molecular weight excluding hydrogens is 282 g/mol. The van der Waals surface area contributed by atoms with Crippen LogP contribution in [0.2, 0.25) is 0 Å². The van der Waals surface area contributed by atoms with Crippen molar-refractivity contribution in [2.75, 3.05) is 13.1 Å². The number of benzene rings is 1. The number of rotatable bonds is 5. The van der Waals surface area contributed by atoms with E-state index in [0.29, 0.717) is 19.5 Å². The molecule has 1 aromatic carbocycles. The van der Waals surface area contributed by atoms with Crippen molar-refractivity contribution in [3.63, 3.8) is 0 Å². The highest BCUT2D eigenvalue weighted by atomic mass is 35.5. The van der Waals surface area contributed by atoms with Gasteiger partial charge >= 0.3 is 0 Å². The SMILES string of the molecule is CCC(NC(=O)C1CNC1)c1cccc([N+](=O)[O-])c1.Cl. The van der Waals surface area contributed by atoms with Gasteiger partial charge in [0.2, 0.25) is 5.91 Å². The number of nitro benzene ring substituents is 1. The van der Waals surface area contributed by atoms with Crippen LogP contribution in [0.3, 0.4) is 0 Å². The third-order valence-electron chi connectivity index (χ3n) is 3.36. The Balaban J connectivity index is 0.00000200. The Morgan fingerprint density at radius 2 is 2.25 bits per heavy atom. The lowest BCUT2D eigenvalue weighted by molar-refractivity contribution is -0.384. The average molecular weight is 300 g/mol. The van der Waals surface area contributed by atoms with Crippen molar-refractivity contribution in [1.29, 1.82) is 0 Å². The Morgan fingerprint density at radius 1 is 1.55 bits per heavy atom. The van der Waals surface area contributed by atoms with Gasteiger partial charge in [0, 0.05) is 25.2 Å². The third kappa shape index (κ3) is 3.68. The first-order valence-corrected chi connectivity index (χ1v) is 6.37. The second-order valence-corrected chi connectivity index (χ2v) is 4.68. The number of nitro groups is 1. The van der Waals surface area contributed by atoms with Crippen LogP contribution in [-0.2, 0) is 4.79 Å². The molecule has 1 amide bonds. The lowest BCUT2D eigenvalue weighted by Crippen LogP contribution is -2.51. The summed E-state index contributed by atoms with van der Waals surface area (Å²) < 4.78 is 0. The van der Waals surface area contributed by atoms with E-state index in [-0.39, 0.29) is 36.0 Å². The predicted molar refractivity (Wildman–Crippen MR) is 77.9 cm³/mol. The Morgan fingerprint density at radius 3 is 2.75 bits per heavy atom. The van der Waals surface area contributed by atoms with E-state index in [0.717, 1.165) is 5.56 Å². The Bertz CT molecular complexity index is 492. The summed E-state index contributed by atoms with van der Waals surface area (Å²) in [6.07, 6.45) is 0.701. The van der Waals surface area contributed by atoms with Crippen molar-refractivity contribution >= 4 is 24.0 Å². The zero-order valence-electron chi connectivity index (χ0n) is 11.2. The highest BCUT2D eigenvalue weighted by molar-refractivity contribution is 5.85. The number of amides is 1. The summed E-state index contributed by atoms with van der Waals surface area (Å²) in [7, 11) is 0. The van der Waals surface area contributed by atoms with E-state index >= 15 is 0 Å². The van der Waals surface area contributed by atoms with E-state index in [9.17, 15) is 14.9 Å². The fourth-order valence-electron chi connectivity index (χ4n) is 2.04. The normalized spacial score (nSPS) is 15.7. The molecule has 1 atom stereocenters. The molecule has 2 rings (SSSR count). The van der Waals surface area contributed by atoms with E-state index in [1.165, 1.54) is 12.1 Å². The van der Waals surface area contributed by atoms with Gasteiger partial charge in [0.1, 0.15) is 0 Å². The molecule has 1 saturated heterocycles. The molecule has 1 fully saturated rings. The number of carbonyl (C=O) groups excluding carboxylic acids is 1. The van der Waals surface area contributed by atoms with E-state index in [4.69, 9.17) is 0 Å². The van der Waals surface area contributed by atoms with Gasteiger partial charge in [0.05, 0.1) is 16.9 Å². The van der Waals surface area contributed by atoms with E-state index in [1.807, 2.05) is 6.92 Å². The van der Waals surface area contributed by atoms with Crippen LogP contribution in [0.1, 0.15) is 24.9 Å². The minimum absolute atomic E-state index is 0. The maximum Gasteiger partial charge on any atom is 0.269 e. The number of halogens is 1. The summed E-state index contributed by atoms with van der Waals surface area (Å²) in [6, 6.07) is 6.25. The smallest absolute Gasteiger partial charge is 0.269 e. The van der Waals surface area contributed by atoms with Crippen molar-refractivity contribution < 1.29 is 9.72 Å². The Labute approximate surface area is 123 Å². The lowest BCUT2D eigenvalue weighted by atomic mass is 9.99. The zero-order valence-corrected chi connectivity index (χ0v) is 12.0. The lowest BCUT2D eigenvalue weighted by Gasteiger charge is -2.28. The van der Waals surface area contributed by atoms with Crippen molar-refractivity contribution in [2.24, 2.45) is 5.92 Å². The maximum absolute atomic E-state index is 11.9. The van der Waals surface area contributed by atoms with Crippen LogP contribution >= 0.6 is 12.4 Å². The van der Waals surface area contributed by atoms with Gasteiger partial charge in [-0.3, -0.25) is 14.9 Å². The van der Waals surface area contributed by atoms with E-state index < -0.39 is 4.92 Å². The molecule has 0 radical (unpaired) electrons. The Hall–Kier alpha value is -1.66. The van der Waals surface area contributed by atoms with Crippen molar-refractivity contribution in [2.45, 2.75) is 19.4 Å². The number of nitrogens with zero attached hydrogens (tertiary/aromatic N) is 1. The van der Waals surface area contributed by atoms with Gasteiger partial charge in [-0.25, -0.2) is 0 Å². The third-order valence-corrected chi connectivity index (χ3v) is 3.36. The van der Waals surface area contributed by atoms with Crippen molar-refractivity contribution in [1.82, 2.24) is 10.6 Å². The summed E-state index contributed by atoms with van der Waals surface area (Å²) in [6.45, 7) is 3.36. The largest absolute Gasteiger partial charge is 0.349 e. The quantitative estimate of drug-likeness (QED) is 0.641. The molecule has 0 aromatic heterocycles. The number of hydrogen-bond donors (Lipinski definition) is 2. The van der Waals surface area contributed by atoms with Gasteiger partial charge in [-0.2, -0.15) is 0 Å². The van der Waals surface area contributed by atoms with Gasteiger partial charge in [-0.15, -0.1) is 12.4 Å². The second-order valence-electron chi connectivity index (χ2n) is 4.68. The van der Waals surface area contributed by atoms with Gasteiger partial charge in [-0.1, -0.05) is 19.1 Å². The number of carbonyl (C=O) groups is 1. The molecule has 6 nitrogen and oxygen atoms in total. The molecule has 0 bridgehead atoms. The molecule has 1 unspecified atom stereocenters. The standard InChI is InChI=1S/C13H17N3O3.ClH/c1-2-12(15-13(17)10-7-14-8-10)9-4-3-5-11(6-9)16(18)19;/h3-6,10,12,14H,2,7-8H2,1H3,(H,15,17);1H. The molecular formula is C13H18ClN3O3. The topological polar surface area (TPSA) is 84.3 Å². The van der Waals surface area contributed by atoms with Crippen molar-refractivity contribution in [3.05, 3.63) is 39.9 Å². The van der Waals surface area contributed by atoms with Crippen LogP contribution < -0.4 is 10.6 Å². The molecule has 2 N–H and O–H groups in total. The first-order valence-electron chi connectivity index (χ1n) is 6.37. The monoisotopic (exact) mass is 299 g/mol. The first kappa shape index (κ1) is 16.4. The van der Waals surface area contributed by atoms with Gasteiger partial charge in [0.15, 0.2) is 0 Å². The van der Waals surface area contributed by atoms with Crippen LogP contribution in [0.5, 0.6) is 0 Å². The summed E-state index contributed by atoms with van der Waals surface area (Å²) in [5.41, 5.74) is 0.827. The summed E-state index contributed by atoms with van der Waals surface area (Å²) in [5.74, 6) is 0.0323. The molecule has 1 aromatic rings. The number of nitrogens with one attached hydrogen (secondary N) is 2. The summed E-state index contributed by atoms with van der Waals surface area (Å²) in [5, 5.41) is 16.8. The summed E-state index contributed by atoms with van der Waals surface area (Å²) >= 11 is 0. The van der Waals surface area contributed by atoms with Crippen LogP contribution in [0.25, 0.3) is 0 Å². The highest BCUT2D eigenvalue weighted by Crippen LogP contribution is 2.22. The van der Waals surface area contributed by atoms with Crippen LogP contribution in [0, 0.1) is 16.0 Å². The average Bonchev–Trinajstić information content (AvgIpc) is 2.34. The molecule has 7 heteroatoms. The first-order chi connectivity index (χ1) is 9.11. The number of non-ortho nitro benzene ring substituents is 1. The minimum Gasteiger partial charge on any atom is -0.349 e. The predicted octanol–water partition coefficient (Wildman–Crippen LogP) is 1.80. The molecule has 20 heavy (non-hydrogen) atoms. The second kappa shape index (κ2) is 7.21. The fourth-order valence-corrected chi connectivity index (χ4v) is 2.04. The molecule has 1 aliphatic heterocycles. The zero-order chi connectivity index (χ0) is 13.8. The molecule has 110 valence electrons. The van der Waals surface area contributed by atoms with E-state index in [1.54, 1.807) is 12.1 Å². The Kier molecular flexibility index (Phi) is 5.91. The van der Waals surface area contributed by atoms with Gasteiger partial charge in [0.25, 0.3) is 5.69 Å². The number of hydrogen-bond acceptors (Lipinski definition) is 4. The van der Waals surface area contributed by atoms with Crippen LogP contribution in [0.15, 0.2) is 24.3 Å². The molecule has 0 spiro atoms. The van der Waals surface area contributed by atoms with Crippen LogP contribution in [-0.4, -0.2) is 23.9 Å². The van der Waals surface area contributed by atoms with Crippen molar-refractivity contribution in [3.8, 4) is 0 Å². The molecule has 1 heterocycles. The summed E-state index contributed by atoms with van der Waals surface area (Å²) in [4.78, 5) is 22.2. The highest BCUT2D eigenvalue weighted by Gasteiger charge is 2.26. The van der Waals surface area contributed by atoms with Gasteiger partial charge in [-0.05, 0) is 12.0 Å². The maximum atomic E-state index is 11.9. The van der Waals surface area contributed by atoms with Gasteiger partial charge < -0.3 is 10.6 Å². The fraction of sp³-hybridized carbons (Fsp3) is 0.462. The van der Waals surface area contributed by atoms with E-state index in [2.05, 4.69) is 10.6 Å². The minimum atomic E-state index is -0.423. The van der Waals surface area contributed by atoms with Crippen LogP contribution in [0.4, 0.5) is 5.69 Å².